The molecule has 1 aromatic rings. The summed E-state index contributed by atoms with van der Waals surface area (Å²) in [5.74, 6) is 1.67. The van der Waals surface area contributed by atoms with E-state index < -0.39 is 0 Å². The molecule has 5 nitrogen and oxygen atoms in total. The van der Waals surface area contributed by atoms with Crippen molar-refractivity contribution in [2.45, 2.75) is 13.5 Å². The van der Waals surface area contributed by atoms with Crippen molar-refractivity contribution in [1.82, 2.24) is 9.97 Å². The Labute approximate surface area is 89.3 Å². The molecule has 1 aromatic heterocycles. The van der Waals surface area contributed by atoms with E-state index in [9.17, 15) is 0 Å². The lowest BCUT2D eigenvalue weighted by atomic mass is 10.3. The summed E-state index contributed by atoms with van der Waals surface area (Å²) in [6.45, 7) is 5.66. The van der Waals surface area contributed by atoms with Crippen molar-refractivity contribution in [2.24, 2.45) is 5.73 Å². The lowest BCUT2D eigenvalue weighted by Gasteiger charge is -2.28. The van der Waals surface area contributed by atoms with Crippen LogP contribution in [0.2, 0.25) is 0 Å². The molecule has 1 aliphatic heterocycles. The van der Waals surface area contributed by atoms with Gasteiger partial charge in [0.15, 0.2) is 0 Å². The Morgan fingerprint density at radius 2 is 2.13 bits per heavy atom. The first-order valence-corrected chi connectivity index (χ1v) is 5.17. The third kappa shape index (κ3) is 2.43. The van der Waals surface area contributed by atoms with E-state index in [0.717, 1.165) is 37.8 Å². The Morgan fingerprint density at radius 1 is 1.40 bits per heavy atom. The molecule has 2 rings (SSSR count). The van der Waals surface area contributed by atoms with Crippen molar-refractivity contribution in [1.29, 1.82) is 0 Å². The Bertz CT molecular complexity index is 336. The molecule has 5 heteroatoms. The molecule has 15 heavy (non-hydrogen) atoms. The SMILES string of the molecule is Cc1cc(N2CCOCC2)nc(CN)n1. The summed E-state index contributed by atoms with van der Waals surface area (Å²) in [5, 5.41) is 0. The second-order valence-electron chi connectivity index (χ2n) is 3.59. The normalized spacial score (nSPS) is 16.8. The van der Waals surface area contributed by atoms with E-state index in [0.29, 0.717) is 12.4 Å². The maximum Gasteiger partial charge on any atom is 0.144 e. The molecule has 0 saturated carbocycles. The van der Waals surface area contributed by atoms with Crippen molar-refractivity contribution in [2.75, 3.05) is 31.2 Å². The number of nitrogens with zero attached hydrogens (tertiary/aromatic N) is 3. The highest BCUT2D eigenvalue weighted by Crippen LogP contribution is 2.13. The molecule has 82 valence electrons. The minimum Gasteiger partial charge on any atom is -0.378 e. The van der Waals surface area contributed by atoms with Gasteiger partial charge in [-0.3, -0.25) is 0 Å². The predicted octanol–water partition coefficient (Wildman–Crippen LogP) is 0.0803. The summed E-state index contributed by atoms with van der Waals surface area (Å²) in [6, 6.07) is 1.99. The first-order chi connectivity index (χ1) is 7.29. The fourth-order valence-corrected chi connectivity index (χ4v) is 1.66. The van der Waals surface area contributed by atoms with Crippen LogP contribution < -0.4 is 10.6 Å². The minimum absolute atomic E-state index is 0.388. The molecule has 0 unspecified atom stereocenters. The number of aryl methyl sites for hydroxylation is 1. The highest BCUT2D eigenvalue weighted by Gasteiger charge is 2.13. The Hall–Kier alpha value is -1.20. The van der Waals surface area contributed by atoms with E-state index in [4.69, 9.17) is 10.5 Å². The van der Waals surface area contributed by atoms with E-state index in [-0.39, 0.29) is 0 Å². The Kier molecular flexibility index (Phi) is 3.13. The molecular weight excluding hydrogens is 192 g/mol. The summed E-state index contributed by atoms with van der Waals surface area (Å²) in [6.07, 6.45) is 0. The molecule has 0 aromatic carbocycles. The second-order valence-corrected chi connectivity index (χ2v) is 3.59. The fourth-order valence-electron chi connectivity index (χ4n) is 1.66. The number of aromatic nitrogens is 2. The van der Waals surface area contributed by atoms with Crippen LogP contribution in [0.3, 0.4) is 0 Å². The minimum atomic E-state index is 0.388. The van der Waals surface area contributed by atoms with Gasteiger partial charge in [-0.15, -0.1) is 0 Å². The van der Waals surface area contributed by atoms with E-state index in [1.807, 2.05) is 13.0 Å². The van der Waals surface area contributed by atoms with Crippen LogP contribution in [0, 0.1) is 6.92 Å². The molecule has 0 spiro atoms. The molecule has 0 atom stereocenters. The first-order valence-electron chi connectivity index (χ1n) is 5.17. The van der Waals surface area contributed by atoms with E-state index in [1.165, 1.54) is 0 Å². The van der Waals surface area contributed by atoms with Gasteiger partial charge >= 0.3 is 0 Å². The number of nitrogens with two attached hydrogens (primary N) is 1. The summed E-state index contributed by atoms with van der Waals surface area (Å²) in [7, 11) is 0. The van der Waals surface area contributed by atoms with Crippen LogP contribution in [0.4, 0.5) is 5.82 Å². The van der Waals surface area contributed by atoms with Gasteiger partial charge in [-0.1, -0.05) is 0 Å². The number of hydrogen-bond acceptors (Lipinski definition) is 5. The van der Waals surface area contributed by atoms with Crippen molar-refractivity contribution in [3.63, 3.8) is 0 Å². The third-order valence-electron chi connectivity index (χ3n) is 2.40. The van der Waals surface area contributed by atoms with Gasteiger partial charge in [0.1, 0.15) is 11.6 Å². The van der Waals surface area contributed by atoms with Crippen molar-refractivity contribution in [3.05, 3.63) is 17.6 Å². The summed E-state index contributed by atoms with van der Waals surface area (Å²) in [4.78, 5) is 10.9. The van der Waals surface area contributed by atoms with Crippen LogP contribution in [0.15, 0.2) is 6.07 Å². The van der Waals surface area contributed by atoms with Crippen LogP contribution in [0.5, 0.6) is 0 Å². The number of hydrogen-bond donors (Lipinski definition) is 1. The number of ether oxygens (including phenoxy) is 1. The molecular formula is C10H16N4O. The van der Waals surface area contributed by atoms with Crippen molar-refractivity contribution in [3.8, 4) is 0 Å². The average molecular weight is 208 g/mol. The molecule has 0 aliphatic carbocycles. The van der Waals surface area contributed by atoms with Crippen LogP contribution in [0.1, 0.15) is 11.5 Å². The van der Waals surface area contributed by atoms with Crippen LogP contribution in [0.25, 0.3) is 0 Å². The van der Waals surface area contributed by atoms with Crippen LogP contribution in [-0.4, -0.2) is 36.3 Å². The molecule has 2 N–H and O–H groups in total. The van der Waals surface area contributed by atoms with Gasteiger partial charge in [0, 0.05) is 24.8 Å². The molecule has 0 radical (unpaired) electrons. The predicted molar refractivity (Wildman–Crippen MR) is 57.7 cm³/mol. The molecule has 1 aliphatic rings. The molecule has 1 fully saturated rings. The highest BCUT2D eigenvalue weighted by atomic mass is 16.5. The second kappa shape index (κ2) is 4.55. The average Bonchev–Trinajstić information content (AvgIpc) is 2.29. The van der Waals surface area contributed by atoms with E-state index in [1.54, 1.807) is 0 Å². The third-order valence-corrected chi connectivity index (χ3v) is 2.40. The highest BCUT2D eigenvalue weighted by molar-refractivity contribution is 5.40. The number of anilines is 1. The number of morpholine rings is 1. The zero-order valence-corrected chi connectivity index (χ0v) is 8.94. The zero-order chi connectivity index (χ0) is 10.7. The molecule has 1 saturated heterocycles. The Morgan fingerprint density at radius 3 is 2.80 bits per heavy atom. The summed E-state index contributed by atoms with van der Waals surface area (Å²) in [5.41, 5.74) is 6.51. The zero-order valence-electron chi connectivity index (χ0n) is 8.94. The van der Waals surface area contributed by atoms with Gasteiger partial charge in [0.25, 0.3) is 0 Å². The molecule has 0 amide bonds. The fraction of sp³-hybridized carbons (Fsp3) is 0.600. The van der Waals surface area contributed by atoms with Crippen molar-refractivity contribution < 1.29 is 4.74 Å². The largest absolute Gasteiger partial charge is 0.378 e. The summed E-state index contributed by atoms with van der Waals surface area (Å²) < 4.78 is 5.30. The lowest BCUT2D eigenvalue weighted by Crippen LogP contribution is -2.37. The van der Waals surface area contributed by atoms with Gasteiger partial charge < -0.3 is 15.4 Å². The van der Waals surface area contributed by atoms with Crippen molar-refractivity contribution >= 4 is 5.82 Å². The smallest absolute Gasteiger partial charge is 0.144 e. The van der Waals surface area contributed by atoms with Crippen LogP contribution >= 0.6 is 0 Å². The quantitative estimate of drug-likeness (QED) is 0.745. The van der Waals surface area contributed by atoms with Gasteiger partial charge in [-0.25, -0.2) is 9.97 Å². The standard InChI is InChI=1S/C10H16N4O/c1-8-6-10(13-9(7-11)12-8)14-2-4-15-5-3-14/h6H,2-5,7,11H2,1H3. The topological polar surface area (TPSA) is 64.3 Å². The van der Waals surface area contributed by atoms with Gasteiger partial charge in [-0.2, -0.15) is 0 Å². The summed E-state index contributed by atoms with van der Waals surface area (Å²) >= 11 is 0. The van der Waals surface area contributed by atoms with Gasteiger partial charge in [0.05, 0.1) is 19.8 Å². The maximum absolute atomic E-state index is 5.55. The lowest BCUT2D eigenvalue weighted by molar-refractivity contribution is 0.122. The number of rotatable bonds is 2. The van der Waals surface area contributed by atoms with Crippen LogP contribution in [-0.2, 0) is 11.3 Å². The monoisotopic (exact) mass is 208 g/mol. The first kappa shape index (κ1) is 10.3. The molecule has 0 bridgehead atoms. The van der Waals surface area contributed by atoms with E-state index >= 15 is 0 Å². The van der Waals surface area contributed by atoms with Gasteiger partial charge in [-0.05, 0) is 6.92 Å². The van der Waals surface area contributed by atoms with E-state index in [2.05, 4.69) is 14.9 Å². The van der Waals surface area contributed by atoms with Gasteiger partial charge in [0.2, 0.25) is 0 Å². The molecule has 2 heterocycles. The maximum atomic E-state index is 5.55. The Balaban J connectivity index is 2.22.